The summed E-state index contributed by atoms with van der Waals surface area (Å²) in [4.78, 5) is 18.0. The number of nitrogens with zero attached hydrogens (tertiary/aromatic N) is 3. The highest BCUT2D eigenvalue weighted by molar-refractivity contribution is 8.13. The van der Waals surface area contributed by atoms with Gasteiger partial charge in [0.25, 0.3) is 0 Å². The number of thioether (sulfide) groups is 1. The molecule has 0 saturated carbocycles. The molecule has 1 aliphatic heterocycles. The van der Waals surface area contributed by atoms with Gasteiger partial charge >= 0.3 is 0 Å². The van der Waals surface area contributed by atoms with Gasteiger partial charge in [-0.3, -0.25) is 10.1 Å². The monoisotopic (exact) mass is 288 g/mol. The zero-order chi connectivity index (χ0) is 14.5. The van der Waals surface area contributed by atoms with E-state index in [1.165, 1.54) is 11.8 Å². The van der Waals surface area contributed by atoms with Gasteiger partial charge in [0.2, 0.25) is 5.91 Å². The van der Waals surface area contributed by atoms with Gasteiger partial charge in [-0.15, -0.1) is 0 Å². The van der Waals surface area contributed by atoms with Crippen molar-refractivity contribution in [1.29, 1.82) is 5.26 Å². The Bertz CT molecular complexity index is 562. The number of amidine groups is 1. The lowest BCUT2D eigenvalue weighted by Crippen LogP contribution is -2.30. The highest BCUT2D eigenvalue weighted by Crippen LogP contribution is 2.28. The first kappa shape index (κ1) is 14.4. The minimum atomic E-state index is 0.171. The number of nitrogens with one attached hydrogen (secondary N) is 1. The van der Waals surface area contributed by atoms with E-state index in [1.54, 1.807) is 0 Å². The van der Waals surface area contributed by atoms with Gasteiger partial charge in [0, 0.05) is 18.2 Å². The Morgan fingerprint density at radius 3 is 2.70 bits per heavy atom. The molecule has 1 aromatic rings. The van der Waals surface area contributed by atoms with Crippen LogP contribution in [0.3, 0.4) is 0 Å². The van der Waals surface area contributed by atoms with Crippen molar-refractivity contribution in [3.8, 4) is 6.19 Å². The molecule has 104 valence electrons. The molecule has 1 aromatic carbocycles. The highest BCUT2D eigenvalue weighted by Gasteiger charge is 2.28. The van der Waals surface area contributed by atoms with Gasteiger partial charge in [-0.25, -0.2) is 4.99 Å². The molecular weight excluding hydrogens is 272 g/mol. The number of amides is 1. The quantitative estimate of drug-likeness (QED) is 0.393. The molecular formula is C14H16N4OS. The summed E-state index contributed by atoms with van der Waals surface area (Å²) in [5, 5.41) is 11.7. The lowest BCUT2D eigenvalue weighted by molar-refractivity contribution is -0.117. The molecule has 2 rings (SSSR count). The highest BCUT2D eigenvalue weighted by atomic mass is 32.2. The molecule has 20 heavy (non-hydrogen) atoms. The number of rotatable bonds is 2. The summed E-state index contributed by atoms with van der Waals surface area (Å²) in [5.41, 5.74) is 1.65. The van der Waals surface area contributed by atoms with Crippen LogP contribution in [-0.2, 0) is 4.79 Å². The van der Waals surface area contributed by atoms with Crippen LogP contribution in [0.15, 0.2) is 29.3 Å². The molecule has 1 heterocycles. The maximum atomic E-state index is 11.8. The van der Waals surface area contributed by atoms with Crippen LogP contribution in [0.25, 0.3) is 0 Å². The molecule has 0 aliphatic carbocycles. The topological polar surface area (TPSA) is 68.5 Å². The van der Waals surface area contributed by atoms with E-state index in [9.17, 15) is 4.79 Å². The summed E-state index contributed by atoms with van der Waals surface area (Å²) in [7, 11) is 0. The zero-order valence-corrected chi connectivity index (χ0v) is 12.3. The van der Waals surface area contributed by atoms with Gasteiger partial charge in [-0.05, 0) is 43.9 Å². The standard InChI is InChI=1S/C14H16N4OS/c1-10-3-8-13(19)18(10)12-6-4-11(5-7-12)17-14(20-2)16-9-15/h4-7,10H,3,8H2,1-2H3,(H,16,17). The molecule has 1 fully saturated rings. The maximum absolute atomic E-state index is 11.8. The van der Waals surface area contributed by atoms with Crippen molar-refractivity contribution in [2.45, 2.75) is 25.8 Å². The molecule has 0 spiro atoms. The van der Waals surface area contributed by atoms with E-state index < -0.39 is 0 Å². The number of anilines is 1. The fourth-order valence-corrected chi connectivity index (χ4v) is 2.55. The third-order valence-electron chi connectivity index (χ3n) is 3.20. The number of carbonyl (C=O) groups excluding carboxylic acids is 1. The summed E-state index contributed by atoms with van der Waals surface area (Å²) >= 11 is 1.37. The van der Waals surface area contributed by atoms with Crippen LogP contribution < -0.4 is 10.2 Å². The second-order valence-electron chi connectivity index (χ2n) is 4.53. The zero-order valence-electron chi connectivity index (χ0n) is 11.5. The molecule has 0 bridgehead atoms. The third kappa shape index (κ3) is 3.11. The summed E-state index contributed by atoms with van der Waals surface area (Å²) in [6.07, 6.45) is 5.22. The van der Waals surface area contributed by atoms with Crippen molar-refractivity contribution < 1.29 is 4.79 Å². The Morgan fingerprint density at radius 1 is 1.50 bits per heavy atom. The van der Waals surface area contributed by atoms with Crippen molar-refractivity contribution in [2.75, 3.05) is 11.2 Å². The average Bonchev–Trinajstić information content (AvgIpc) is 2.79. The number of hydrogen-bond acceptors (Lipinski definition) is 4. The Morgan fingerprint density at radius 2 is 2.20 bits per heavy atom. The number of benzene rings is 1. The molecule has 0 aromatic heterocycles. The Hall–Kier alpha value is -2.00. The van der Waals surface area contributed by atoms with Crippen molar-refractivity contribution in [3.63, 3.8) is 0 Å². The van der Waals surface area contributed by atoms with Crippen molar-refractivity contribution in [3.05, 3.63) is 24.3 Å². The Kier molecular flexibility index (Phi) is 4.64. The van der Waals surface area contributed by atoms with Gasteiger partial charge in [-0.1, -0.05) is 11.8 Å². The summed E-state index contributed by atoms with van der Waals surface area (Å²) in [5.74, 6) is 0.171. The molecule has 1 saturated heterocycles. The first-order valence-corrected chi connectivity index (χ1v) is 7.58. The van der Waals surface area contributed by atoms with E-state index in [1.807, 2.05) is 41.6 Å². The van der Waals surface area contributed by atoms with E-state index in [2.05, 4.69) is 17.2 Å². The number of hydrogen-bond donors (Lipinski definition) is 1. The van der Waals surface area contributed by atoms with Gasteiger partial charge in [0.15, 0.2) is 11.4 Å². The van der Waals surface area contributed by atoms with Gasteiger partial charge in [-0.2, -0.15) is 5.26 Å². The molecule has 6 heteroatoms. The Labute approximate surface area is 122 Å². The summed E-state index contributed by atoms with van der Waals surface area (Å²) in [6, 6.07) is 7.73. The van der Waals surface area contributed by atoms with E-state index >= 15 is 0 Å². The average molecular weight is 288 g/mol. The predicted molar refractivity (Wildman–Crippen MR) is 82.0 cm³/mol. The van der Waals surface area contributed by atoms with Gasteiger partial charge in [0.1, 0.15) is 0 Å². The minimum Gasteiger partial charge on any atom is -0.310 e. The van der Waals surface area contributed by atoms with Gasteiger partial charge in [0.05, 0.1) is 5.69 Å². The van der Waals surface area contributed by atoms with Crippen molar-refractivity contribution in [2.24, 2.45) is 4.99 Å². The van der Waals surface area contributed by atoms with Crippen LogP contribution >= 0.6 is 11.8 Å². The molecule has 1 atom stereocenters. The van der Waals surface area contributed by atoms with Crippen LogP contribution in [0.1, 0.15) is 19.8 Å². The molecule has 5 nitrogen and oxygen atoms in total. The lowest BCUT2D eigenvalue weighted by Gasteiger charge is -2.21. The number of nitriles is 1. The molecule has 1 unspecified atom stereocenters. The molecule has 1 aliphatic rings. The third-order valence-corrected chi connectivity index (χ3v) is 3.78. The van der Waals surface area contributed by atoms with E-state index in [-0.39, 0.29) is 11.9 Å². The van der Waals surface area contributed by atoms with Gasteiger partial charge < -0.3 is 4.90 Å². The number of carbonyl (C=O) groups is 1. The smallest absolute Gasteiger partial charge is 0.227 e. The number of aliphatic imine (C=N–C) groups is 1. The second-order valence-corrected chi connectivity index (χ2v) is 5.32. The molecule has 1 N–H and O–H groups in total. The van der Waals surface area contributed by atoms with Crippen molar-refractivity contribution >= 4 is 34.2 Å². The predicted octanol–water partition coefficient (Wildman–Crippen LogP) is 2.62. The van der Waals surface area contributed by atoms with Crippen LogP contribution in [-0.4, -0.2) is 23.4 Å². The van der Waals surface area contributed by atoms with E-state index in [0.29, 0.717) is 11.6 Å². The van der Waals surface area contributed by atoms with Crippen molar-refractivity contribution in [1.82, 2.24) is 5.32 Å². The fourth-order valence-electron chi connectivity index (χ4n) is 2.20. The summed E-state index contributed by atoms with van der Waals surface area (Å²) in [6.45, 7) is 2.06. The van der Waals surface area contributed by atoms with Crippen LogP contribution in [0.2, 0.25) is 0 Å². The summed E-state index contributed by atoms with van der Waals surface area (Å²) < 4.78 is 0. The fraction of sp³-hybridized carbons (Fsp3) is 0.357. The van der Waals surface area contributed by atoms with Crippen LogP contribution in [0.5, 0.6) is 0 Å². The molecule has 0 radical (unpaired) electrons. The first-order valence-electron chi connectivity index (χ1n) is 6.35. The second kappa shape index (κ2) is 6.44. The minimum absolute atomic E-state index is 0.171. The molecule has 1 amide bonds. The van der Waals surface area contributed by atoms with Crippen LogP contribution in [0.4, 0.5) is 11.4 Å². The normalized spacial score (nSPS) is 19.1. The Balaban J connectivity index is 2.18. The SMILES string of the molecule is CSC(=Nc1ccc(N2C(=O)CCC2C)cc1)NC#N. The largest absolute Gasteiger partial charge is 0.310 e. The van der Waals surface area contributed by atoms with Crippen LogP contribution in [0, 0.1) is 11.5 Å². The first-order chi connectivity index (χ1) is 9.65. The van der Waals surface area contributed by atoms with E-state index in [0.717, 1.165) is 17.8 Å². The lowest BCUT2D eigenvalue weighted by atomic mass is 10.2. The van der Waals surface area contributed by atoms with E-state index in [4.69, 9.17) is 5.26 Å². The maximum Gasteiger partial charge on any atom is 0.227 e.